The summed E-state index contributed by atoms with van der Waals surface area (Å²) in [4.78, 5) is 26.4. The van der Waals surface area contributed by atoms with E-state index in [2.05, 4.69) is 26.9 Å². The highest BCUT2D eigenvalue weighted by molar-refractivity contribution is 5.79. The minimum atomic E-state index is 0.159. The lowest BCUT2D eigenvalue weighted by Crippen LogP contribution is -2.49. The van der Waals surface area contributed by atoms with E-state index in [0.29, 0.717) is 18.0 Å². The number of benzene rings is 1. The number of carbonyl (C=O) groups excluding carboxylic acids is 1. The normalized spacial score (nSPS) is 15.3. The van der Waals surface area contributed by atoms with Crippen molar-refractivity contribution in [1.29, 1.82) is 0 Å². The smallest absolute Gasteiger partial charge is 0.253 e. The van der Waals surface area contributed by atoms with Crippen molar-refractivity contribution in [2.75, 3.05) is 32.7 Å². The minimum Gasteiger partial charge on any atom is -0.340 e. The lowest BCUT2D eigenvalue weighted by atomic mass is 10.1. The first kappa shape index (κ1) is 18.6. The predicted octanol–water partition coefficient (Wildman–Crippen LogP) is 2.11. The van der Waals surface area contributed by atoms with Gasteiger partial charge in [-0.05, 0) is 20.4 Å². The number of hydrogen-bond donors (Lipinski definition) is 0. The Morgan fingerprint density at radius 1 is 1.04 bits per heavy atom. The number of amides is 1. The molecule has 0 atom stereocenters. The Morgan fingerprint density at radius 3 is 2.43 bits per heavy atom. The number of hydrogen-bond acceptors (Lipinski definition) is 5. The van der Waals surface area contributed by atoms with Crippen LogP contribution in [0.3, 0.4) is 0 Å². The molecule has 1 aromatic carbocycles. The SMILES string of the molecule is CCN1CCN(C(=O)Cc2c(C)nc3nc(-c4ccccc4)nn3c2C)CC1. The molecule has 2 aromatic heterocycles. The van der Waals surface area contributed by atoms with Gasteiger partial charge in [-0.2, -0.15) is 4.98 Å². The van der Waals surface area contributed by atoms with Gasteiger partial charge >= 0.3 is 0 Å². The topological polar surface area (TPSA) is 66.6 Å². The number of aromatic nitrogens is 4. The zero-order chi connectivity index (χ0) is 19.7. The van der Waals surface area contributed by atoms with Crippen LogP contribution in [0.2, 0.25) is 0 Å². The van der Waals surface area contributed by atoms with Crippen molar-refractivity contribution in [3.8, 4) is 11.4 Å². The Balaban J connectivity index is 1.60. The van der Waals surface area contributed by atoms with E-state index < -0.39 is 0 Å². The van der Waals surface area contributed by atoms with Gasteiger partial charge in [0.05, 0.1) is 6.42 Å². The molecule has 0 unspecified atom stereocenters. The summed E-state index contributed by atoms with van der Waals surface area (Å²) in [6.45, 7) is 10.6. The molecule has 0 saturated carbocycles. The molecule has 3 aromatic rings. The second-order valence-electron chi connectivity index (χ2n) is 7.27. The fourth-order valence-electron chi connectivity index (χ4n) is 3.75. The Labute approximate surface area is 165 Å². The van der Waals surface area contributed by atoms with Gasteiger partial charge in [0.2, 0.25) is 5.91 Å². The summed E-state index contributed by atoms with van der Waals surface area (Å²) in [6.07, 6.45) is 0.354. The third-order valence-electron chi connectivity index (χ3n) is 5.58. The summed E-state index contributed by atoms with van der Waals surface area (Å²) >= 11 is 0. The van der Waals surface area contributed by atoms with Gasteiger partial charge in [-0.1, -0.05) is 37.3 Å². The second kappa shape index (κ2) is 7.67. The quantitative estimate of drug-likeness (QED) is 0.696. The zero-order valence-electron chi connectivity index (χ0n) is 16.7. The number of likely N-dealkylation sites (N-methyl/N-ethyl adjacent to an activating group) is 1. The third-order valence-corrected chi connectivity index (χ3v) is 5.58. The van der Waals surface area contributed by atoms with Gasteiger partial charge in [0.1, 0.15) is 0 Å². The van der Waals surface area contributed by atoms with Crippen molar-refractivity contribution in [1.82, 2.24) is 29.4 Å². The fourth-order valence-corrected chi connectivity index (χ4v) is 3.75. The van der Waals surface area contributed by atoms with Crippen LogP contribution < -0.4 is 0 Å². The third kappa shape index (κ3) is 3.49. The highest BCUT2D eigenvalue weighted by Gasteiger charge is 2.23. The monoisotopic (exact) mass is 378 g/mol. The number of rotatable bonds is 4. The molecule has 7 heteroatoms. The maximum absolute atomic E-state index is 12.9. The van der Waals surface area contributed by atoms with Crippen LogP contribution in [0, 0.1) is 13.8 Å². The summed E-state index contributed by atoms with van der Waals surface area (Å²) in [5.41, 5.74) is 3.67. The molecule has 1 amide bonds. The summed E-state index contributed by atoms with van der Waals surface area (Å²) in [5.74, 6) is 1.38. The molecular formula is C21H26N6O. The van der Waals surface area contributed by atoms with Gasteiger partial charge in [-0.15, -0.1) is 5.10 Å². The Hall–Kier alpha value is -2.80. The van der Waals surface area contributed by atoms with Crippen LogP contribution in [0.5, 0.6) is 0 Å². The van der Waals surface area contributed by atoms with E-state index in [9.17, 15) is 4.79 Å². The maximum Gasteiger partial charge on any atom is 0.253 e. The van der Waals surface area contributed by atoms with Crippen LogP contribution in [0.25, 0.3) is 17.2 Å². The summed E-state index contributed by atoms with van der Waals surface area (Å²) in [6, 6.07) is 9.87. The molecule has 1 aliphatic rings. The Morgan fingerprint density at radius 2 is 1.75 bits per heavy atom. The van der Waals surface area contributed by atoms with Crippen molar-refractivity contribution < 1.29 is 4.79 Å². The van der Waals surface area contributed by atoms with Gasteiger partial charge in [0.15, 0.2) is 5.82 Å². The maximum atomic E-state index is 12.9. The van der Waals surface area contributed by atoms with E-state index in [0.717, 1.165) is 55.2 Å². The van der Waals surface area contributed by atoms with Crippen molar-refractivity contribution >= 4 is 11.7 Å². The van der Waals surface area contributed by atoms with Crippen LogP contribution in [-0.2, 0) is 11.2 Å². The van der Waals surface area contributed by atoms with Crippen LogP contribution in [0.1, 0.15) is 23.9 Å². The first-order chi connectivity index (χ1) is 13.6. The first-order valence-electron chi connectivity index (χ1n) is 9.85. The average Bonchev–Trinajstić information content (AvgIpc) is 3.16. The second-order valence-corrected chi connectivity index (χ2v) is 7.27. The highest BCUT2D eigenvalue weighted by Crippen LogP contribution is 2.20. The lowest BCUT2D eigenvalue weighted by Gasteiger charge is -2.34. The van der Waals surface area contributed by atoms with Crippen LogP contribution in [0.15, 0.2) is 30.3 Å². The molecule has 0 spiro atoms. The molecule has 28 heavy (non-hydrogen) atoms. The van der Waals surface area contributed by atoms with Crippen LogP contribution in [0.4, 0.5) is 0 Å². The average molecular weight is 378 g/mol. The predicted molar refractivity (Wildman–Crippen MR) is 108 cm³/mol. The fraction of sp³-hybridized carbons (Fsp3) is 0.429. The molecule has 0 aliphatic carbocycles. The van der Waals surface area contributed by atoms with Crippen LogP contribution in [-0.4, -0.2) is 68.0 Å². The zero-order valence-corrected chi connectivity index (χ0v) is 16.7. The van der Waals surface area contributed by atoms with E-state index >= 15 is 0 Å². The van der Waals surface area contributed by atoms with Gasteiger partial charge in [0, 0.05) is 48.7 Å². The molecule has 1 fully saturated rings. The molecule has 7 nitrogen and oxygen atoms in total. The number of aryl methyl sites for hydroxylation is 2. The molecule has 3 heterocycles. The van der Waals surface area contributed by atoms with Gasteiger partial charge in [-0.3, -0.25) is 4.79 Å². The summed E-state index contributed by atoms with van der Waals surface area (Å²) in [5, 5.41) is 4.64. The largest absolute Gasteiger partial charge is 0.340 e. The summed E-state index contributed by atoms with van der Waals surface area (Å²) < 4.78 is 1.76. The van der Waals surface area contributed by atoms with Crippen molar-refractivity contribution in [3.05, 3.63) is 47.3 Å². The molecule has 0 bridgehead atoms. The molecule has 146 valence electrons. The Kier molecular flexibility index (Phi) is 5.09. The molecule has 1 saturated heterocycles. The first-order valence-corrected chi connectivity index (χ1v) is 9.85. The highest BCUT2D eigenvalue weighted by atomic mass is 16.2. The van der Waals surface area contributed by atoms with E-state index in [1.54, 1.807) is 4.52 Å². The van der Waals surface area contributed by atoms with E-state index in [1.807, 2.05) is 49.1 Å². The number of piperazine rings is 1. The van der Waals surface area contributed by atoms with Gasteiger partial charge < -0.3 is 9.80 Å². The molecule has 4 rings (SSSR count). The minimum absolute atomic E-state index is 0.159. The van der Waals surface area contributed by atoms with Gasteiger partial charge in [0.25, 0.3) is 5.78 Å². The summed E-state index contributed by atoms with van der Waals surface area (Å²) in [7, 11) is 0. The Bertz CT molecular complexity index is 989. The molecule has 1 aliphatic heterocycles. The standard InChI is InChI=1S/C21H26N6O/c1-4-25-10-12-26(13-11-25)19(28)14-18-15(2)22-21-23-20(24-27(21)16(18)3)17-8-6-5-7-9-17/h5-9H,4,10-14H2,1-3H3. The van der Waals surface area contributed by atoms with Crippen LogP contribution >= 0.6 is 0 Å². The number of fused-ring (bicyclic) bond motifs is 1. The molecule has 0 radical (unpaired) electrons. The van der Waals surface area contributed by atoms with E-state index in [-0.39, 0.29) is 5.91 Å². The van der Waals surface area contributed by atoms with E-state index in [1.165, 1.54) is 0 Å². The van der Waals surface area contributed by atoms with Crippen molar-refractivity contribution in [2.45, 2.75) is 27.2 Å². The molecular weight excluding hydrogens is 352 g/mol. The number of nitrogens with zero attached hydrogens (tertiary/aromatic N) is 6. The van der Waals surface area contributed by atoms with Crippen molar-refractivity contribution in [2.24, 2.45) is 0 Å². The number of carbonyl (C=O) groups is 1. The lowest BCUT2D eigenvalue weighted by molar-refractivity contribution is -0.132. The van der Waals surface area contributed by atoms with Crippen molar-refractivity contribution in [3.63, 3.8) is 0 Å². The van der Waals surface area contributed by atoms with E-state index in [4.69, 9.17) is 0 Å². The van der Waals surface area contributed by atoms with Gasteiger partial charge in [-0.25, -0.2) is 9.50 Å². The molecule has 0 N–H and O–H groups in total.